The number of carbonyl (C=O) groups is 1. The van der Waals surface area contributed by atoms with Crippen LogP contribution in [0.15, 0.2) is 0 Å². The van der Waals surface area contributed by atoms with Gasteiger partial charge in [-0.3, -0.25) is 4.79 Å². The maximum absolute atomic E-state index is 12.1. The van der Waals surface area contributed by atoms with Gasteiger partial charge in [0.1, 0.15) is 6.61 Å². The second-order valence-corrected chi connectivity index (χ2v) is 6.65. The van der Waals surface area contributed by atoms with Crippen molar-refractivity contribution >= 4 is 5.97 Å². The quantitative estimate of drug-likeness (QED) is 0.723. The fourth-order valence-corrected chi connectivity index (χ4v) is 1.92. The van der Waals surface area contributed by atoms with Crippen LogP contribution in [0.3, 0.4) is 0 Å². The van der Waals surface area contributed by atoms with Gasteiger partial charge in [-0.1, -0.05) is 20.8 Å². The molecule has 0 amide bonds. The van der Waals surface area contributed by atoms with E-state index >= 15 is 0 Å². The Hall–Kier alpha value is -0.610. The Bertz CT molecular complexity index is 263. The summed E-state index contributed by atoms with van der Waals surface area (Å²) in [6.45, 7) is 11.6. The van der Waals surface area contributed by atoms with Gasteiger partial charge >= 0.3 is 5.97 Å². The zero-order chi connectivity index (χ0) is 13.9. The van der Waals surface area contributed by atoms with E-state index in [2.05, 4.69) is 20.8 Å². The molecule has 0 radical (unpaired) electrons. The molecule has 0 aliphatic carbocycles. The lowest BCUT2D eigenvalue weighted by Gasteiger charge is -2.43. The third-order valence-corrected chi connectivity index (χ3v) is 3.08. The van der Waals surface area contributed by atoms with Gasteiger partial charge in [0.2, 0.25) is 0 Å². The molecule has 0 aliphatic rings. The Balaban J connectivity index is 5.05. The highest BCUT2D eigenvalue weighted by atomic mass is 16.5. The monoisotopic (exact) mass is 245 g/mol. The summed E-state index contributed by atoms with van der Waals surface area (Å²) in [5, 5.41) is 8.71. The Morgan fingerprint density at radius 1 is 1.18 bits per heavy atom. The van der Waals surface area contributed by atoms with Gasteiger partial charge in [-0.05, 0) is 32.6 Å². The molecule has 0 saturated heterocycles. The highest BCUT2D eigenvalue weighted by molar-refractivity contribution is 5.78. The molecular formula is C13H27NO3. The molecule has 0 aromatic carbocycles. The number of carbonyl (C=O) groups excluding carboxylic acids is 1. The third kappa shape index (κ3) is 4.64. The summed E-state index contributed by atoms with van der Waals surface area (Å²) in [4.78, 5) is 12.1. The molecule has 0 spiro atoms. The van der Waals surface area contributed by atoms with Gasteiger partial charge in [-0.25, -0.2) is 0 Å². The molecule has 0 aromatic heterocycles. The van der Waals surface area contributed by atoms with Crippen LogP contribution in [0.4, 0.5) is 0 Å². The molecule has 1 unspecified atom stereocenters. The van der Waals surface area contributed by atoms with E-state index in [4.69, 9.17) is 15.6 Å². The van der Waals surface area contributed by atoms with Gasteiger partial charge in [-0.2, -0.15) is 0 Å². The zero-order valence-electron chi connectivity index (χ0n) is 12.0. The smallest absolute Gasteiger partial charge is 0.313 e. The first-order valence-electron chi connectivity index (χ1n) is 6.01. The predicted molar refractivity (Wildman–Crippen MR) is 68.5 cm³/mol. The number of hydrogen-bond acceptors (Lipinski definition) is 4. The fraction of sp³-hybridized carbons (Fsp3) is 0.923. The summed E-state index contributed by atoms with van der Waals surface area (Å²) in [6.07, 6.45) is 0.633. The van der Waals surface area contributed by atoms with Crippen LogP contribution >= 0.6 is 0 Å². The van der Waals surface area contributed by atoms with Crippen LogP contribution < -0.4 is 5.73 Å². The zero-order valence-corrected chi connectivity index (χ0v) is 12.0. The Morgan fingerprint density at radius 3 is 1.94 bits per heavy atom. The Labute approximate surface area is 105 Å². The van der Waals surface area contributed by atoms with E-state index < -0.39 is 11.0 Å². The molecule has 17 heavy (non-hydrogen) atoms. The van der Waals surface area contributed by atoms with E-state index in [1.807, 2.05) is 20.8 Å². The minimum atomic E-state index is -0.763. The summed E-state index contributed by atoms with van der Waals surface area (Å²) in [6, 6.07) is 0. The van der Waals surface area contributed by atoms with Crippen molar-refractivity contribution in [2.24, 2.45) is 16.6 Å². The summed E-state index contributed by atoms with van der Waals surface area (Å²) >= 11 is 0. The molecule has 1 atom stereocenters. The highest BCUT2D eigenvalue weighted by Gasteiger charge is 2.48. The van der Waals surface area contributed by atoms with Gasteiger partial charge in [0.25, 0.3) is 0 Å². The lowest BCUT2D eigenvalue weighted by Crippen LogP contribution is -2.55. The van der Waals surface area contributed by atoms with Crippen molar-refractivity contribution in [2.75, 3.05) is 13.2 Å². The molecule has 0 aliphatic heterocycles. The van der Waals surface area contributed by atoms with E-state index in [9.17, 15) is 4.79 Å². The van der Waals surface area contributed by atoms with E-state index in [0.29, 0.717) is 6.42 Å². The minimum absolute atomic E-state index is 0.0225. The first-order valence-corrected chi connectivity index (χ1v) is 6.01. The molecule has 0 aromatic rings. The largest absolute Gasteiger partial charge is 0.463 e. The summed E-state index contributed by atoms with van der Waals surface area (Å²) in [7, 11) is 0. The molecule has 0 fully saturated rings. The van der Waals surface area contributed by atoms with Crippen molar-refractivity contribution in [3.05, 3.63) is 0 Å². The summed E-state index contributed by atoms with van der Waals surface area (Å²) < 4.78 is 5.06. The van der Waals surface area contributed by atoms with Crippen molar-refractivity contribution in [1.82, 2.24) is 0 Å². The van der Waals surface area contributed by atoms with E-state index in [-0.39, 0.29) is 24.6 Å². The molecule has 0 saturated carbocycles. The van der Waals surface area contributed by atoms with Gasteiger partial charge in [0, 0.05) is 5.54 Å². The second kappa shape index (κ2) is 5.36. The molecule has 3 N–H and O–H groups in total. The summed E-state index contributed by atoms with van der Waals surface area (Å²) in [5.41, 5.74) is 4.67. The van der Waals surface area contributed by atoms with Gasteiger partial charge in [-0.15, -0.1) is 0 Å². The predicted octanol–water partition coefficient (Wildman–Crippen LogP) is 1.70. The van der Waals surface area contributed by atoms with Crippen molar-refractivity contribution < 1.29 is 14.6 Å². The number of nitrogens with two attached hydrogens (primary N) is 1. The van der Waals surface area contributed by atoms with Crippen LogP contribution in [0.1, 0.15) is 48.0 Å². The average molecular weight is 245 g/mol. The molecule has 102 valence electrons. The molecule has 0 heterocycles. The number of aliphatic hydroxyl groups excluding tert-OH is 1. The van der Waals surface area contributed by atoms with Crippen LogP contribution in [0.5, 0.6) is 0 Å². The minimum Gasteiger partial charge on any atom is -0.463 e. The molecule has 0 bridgehead atoms. The van der Waals surface area contributed by atoms with Crippen molar-refractivity contribution in [2.45, 2.75) is 53.5 Å². The van der Waals surface area contributed by atoms with E-state index in [1.165, 1.54) is 0 Å². The van der Waals surface area contributed by atoms with Crippen molar-refractivity contribution in [1.29, 1.82) is 0 Å². The molecule has 4 heteroatoms. The molecule has 4 nitrogen and oxygen atoms in total. The lowest BCUT2D eigenvalue weighted by molar-refractivity contribution is -0.162. The van der Waals surface area contributed by atoms with Crippen LogP contribution in [-0.4, -0.2) is 29.8 Å². The number of rotatable bonds is 5. The maximum atomic E-state index is 12.1. The normalized spacial score (nSPS) is 16.5. The van der Waals surface area contributed by atoms with Crippen LogP contribution in [0.25, 0.3) is 0 Å². The van der Waals surface area contributed by atoms with Gasteiger partial charge < -0.3 is 15.6 Å². The molecule has 0 rings (SSSR count). The SMILES string of the molecule is CC(C)(C)CC(C)(C(=O)OCCO)C(C)(C)N. The third-order valence-electron chi connectivity index (χ3n) is 3.08. The van der Waals surface area contributed by atoms with Gasteiger partial charge in [0.15, 0.2) is 0 Å². The second-order valence-electron chi connectivity index (χ2n) is 6.65. The summed E-state index contributed by atoms with van der Waals surface area (Å²) in [5.74, 6) is -0.339. The van der Waals surface area contributed by atoms with E-state index in [1.54, 1.807) is 0 Å². The first-order chi connectivity index (χ1) is 7.44. The first kappa shape index (κ1) is 16.4. The maximum Gasteiger partial charge on any atom is 0.313 e. The van der Waals surface area contributed by atoms with Gasteiger partial charge in [0.05, 0.1) is 12.0 Å². The Morgan fingerprint density at radius 2 is 1.65 bits per heavy atom. The van der Waals surface area contributed by atoms with Crippen LogP contribution in [0.2, 0.25) is 0 Å². The lowest BCUT2D eigenvalue weighted by atomic mass is 9.65. The molecular weight excluding hydrogens is 218 g/mol. The van der Waals surface area contributed by atoms with Crippen LogP contribution in [-0.2, 0) is 9.53 Å². The number of hydrogen-bond donors (Lipinski definition) is 2. The van der Waals surface area contributed by atoms with Crippen LogP contribution in [0, 0.1) is 10.8 Å². The average Bonchev–Trinajstić information content (AvgIpc) is 2.09. The van der Waals surface area contributed by atoms with E-state index in [0.717, 1.165) is 0 Å². The number of ether oxygens (including phenoxy) is 1. The fourth-order valence-electron chi connectivity index (χ4n) is 1.92. The topological polar surface area (TPSA) is 72.5 Å². The Kier molecular flexibility index (Phi) is 5.16. The van der Waals surface area contributed by atoms with Crippen molar-refractivity contribution in [3.8, 4) is 0 Å². The van der Waals surface area contributed by atoms with Crippen molar-refractivity contribution in [3.63, 3.8) is 0 Å². The number of esters is 1. The highest BCUT2D eigenvalue weighted by Crippen LogP contribution is 2.41. The standard InChI is InChI=1S/C13H27NO3/c1-11(2,3)9-13(6,12(4,5)14)10(16)17-8-7-15/h15H,7-9,14H2,1-6H3. The number of aliphatic hydroxyl groups is 1.